The minimum absolute atomic E-state index is 0.428. The van der Waals surface area contributed by atoms with Gasteiger partial charge in [-0.2, -0.15) is 0 Å². The van der Waals surface area contributed by atoms with Crippen molar-refractivity contribution < 1.29 is 9.84 Å². The van der Waals surface area contributed by atoms with Gasteiger partial charge < -0.3 is 14.7 Å². The highest BCUT2D eigenvalue weighted by atomic mass is 16.5. The summed E-state index contributed by atoms with van der Waals surface area (Å²) in [5.41, 5.74) is 2.13. The van der Waals surface area contributed by atoms with Gasteiger partial charge in [0.1, 0.15) is 5.75 Å². The Balaban J connectivity index is 2.10. The van der Waals surface area contributed by atoms with Crippen molar-refractivity contribution in [3.05, 3.63) is 29.3 Å². The summed E-state index contributed by atoms with van der Waals surface area (Å²) in [6.07, 6.45) is 2.32. The zero-order chi connectivity index (χ0) is 13.8. The second-order valence-corrected chi connectivity index (χ2v) is 5.62. The van der Waals surface area contributed by atoms with Crippen LogP contribution >= 0.6 is 0 Å². The monoisotopic (exact) mass is 263 g/mol. The van der Waals surface area contributed by atoms with Gasteiger partial charge in [-0.05, 0) is 57.4 Å². The van der Waals surface area contributed by atoms with Gasteiger partial charge in [0, 0.05) is 18.7 Å². The molecule has 1 aliphatic rings. The third kappa shape index (κ3) is 4.22. The van der Waals surface area contributed by atoms with Gasteiger partial charge in [0.15, 0.2) is 0 Å². The first kappa shape index (κ1) is 14.4. The highest BCUT2D eigenvalue weighted by Crippen LogP contribution is 2.31. The summed E-state index contributed by atoms with van der Waals surface area (Å²) in [5, 5.41) is 9.70. The summed E-state index contributed by atoms with van der Waals surface area (Å²) in [5.74, 6) is 1.83. The predicted octanol–water partition coefficient (Wildman–Crippen LogP) is 2.98. The molecule has 3 nitrogen and oxygen atoms in total. The summed E-state index contributed by atoms with van der Waals surface area (Å²) in [7, 11) is 2.16. The molecule has 1 aromatic carbocycles. The van der Waals surface area contributed by atoms with Crippen LogP contribution in [0.4, 0.5) is 0 Å². The van der Waals surface area contributed by atoms with E-state index in [1.165, 1.54) is 18.4 Å². The van der Waals surface area contributed by atoms with Crippen LogP contribution in [0.15, 0.2) is 18.2 Å². The van der Waals surface area contributed by atoms with Crippen molar-refractivity contribution in [1.82, 2.24) is 4.90 Å². The second-order valence-electron chi connectivity index (χ2n) is 5.62. The van der Waals surface area contributed by atoms with Crippen molar-refractivity contribution in [1.29, 1.82) is 0 Å². The van der Waals surface area contributed by atoms with E-state index in [0.717, 1.165) is 30.3 Å². The number of aliphatic hydroxyl groups is 1. The van der Waals surface area contributed by atoms with Crippen LogP contribution in [0.3, 0.4) is 0 Å². The first-order chi connectivity index (χ1) is 9.10. The lowest BCUT2D eigenvalue weighted by atomic mass is 10.1. The molecule has 0 bridgehead atoms. The molecule has 0 aliphatic heterocycles. The maximum atomic E-state index is 9.70. The minimum Gasteiger partial charge on any atom is -0.494 e. The van der Waals surface area contributed by atoms with Crippen molar-refractivity contribution in [3.8, 4) is 5.75 Å². The molecule has 0 amide bonds. The van der Waals surface area contributed by atoms with Gasteiger partial charge in [0.2, 0.25) is 0 Å². The number of aliphatic hydroxyl groups excluding tert-OH is 1. The highest BCUT2D eigenvalue weighted by molar-refractivity contribution is 5.38. The fourth-order valence-electron chi connectivity index (χ4n) is 2.38. The number of hydrogen-bond donors (Lipinski definition) is 1. The topological polar surface area (TPSA) is 32.7 Å². The Morgan fingerprint density at radius 2 is 2.16 bits per heavy atom. The molecule has 1 saturated carbocycles. The van der Waals surface area contributed by atoms with Crippen LogP contribution in [-0.4, -0.2) is 30.2 Å². The Bertz CT molecular complexity index is 413. The SMILES string of the molecule is CCOc1ccc(C(C)O)cc1CN(C)CC1CC1. The van der Waals surface area contributed by atoms with E-state index in [4.69, 9.17) is 4.74 Å². The lowest BCUT2D eigenvalue weighted by Crippen LogP contribution is -2.21. The Morgan fingerprint density at radius 1 is 1.42 bits per heavy atom. The van der Waals surface area contributed by atoms with Gasteiger partial charge in [-0.3, -0.25) is 0 Å². The minimum atomic E-state index is -0.428. The Labute approximate surface area is 116 Å². The summed E-state index contributed by atoms with van der Waals surface area (Å²) in [4.78, 5) is 2.35. The quantitative estimate of drug-likeness (QED) is 0.821. The Hall–Kier alpha value is -1.06. The summed E-state index contributed by atoms with van der Waals surface area (Å²) in [6, 6.07) is 5.99. The summed E-state index contributed by atoms with van der Waals surface area (Å²) >= 11 is 0. The zero-order valence-corrected chi connectivity index (χ0v) is 12.2. The lowest BCUT2D eigenvalue weighted by Gasteiger charge is -2.20. The number of rotatable bonds is 7. The molecule has 106 valence electrons. The van der Waals surface area contributed by atoms with Crippen LogP contribution in [-0.2, 0) is 6.54 Å². The van der Waals surface area contributed by atoms with Crippen molar-refractivity contribution in [2.24, 2.45) is 5.92 Å². The van der Waals surface area contributed by atoms with Gasteiger partial charge >= 0.3 is 0 Å². The highest BCUT2D eigenvalue weighted by Gasteiger charge is 2.23. The van der Waals surface area contributed by atoms with E-state index in [1.807, 2.05) is 19.1 Å². The molecular formula is C16H25NO2. The first-order valence-corrected chi connectivity index (χ1v) is 7.22. The van der Waals surface area contributed by atoms with E-state index in [2.05, 4.69) is 18.0 Å². The number of nitrogens with zero attached hydrogens (tertiary/aromatic N) is 1. The van der Waals surface area contributed by atoms with Gasteiger partial charge in [-0.25, -0.2) is 0 Å². The van der Waals surface area contributed by atoms with Crippen LogP contribution < -0.4 is 4.74 Å². The molecule has 3 heteroatoms. The molecule has 1 N–H and O–H groups in total. The van der Waals surface area contributed by atoms with Crippen LogP contribution in [0, 0.1) is 5.92 Å². The average Bonchev–Trinajstić information content (AvgIpc) is 3.15. The molecule has 1 aliphatic carbocycles. The molecule has 0 aromatic heterocycles. The van der Waals surface area contributed by atoms with E-state index in [0.29, 0.717) is 6.61 Å². The largest absolute Gasteiger partial charge is 0.494 e. The predicted molar refractivity (Wildman–Crippen MR) is 77.3 cm³/mol. The number of ether oxygens (including phenoxy) is 1. The normalized spacial score (nSPS) is 16.7. The summed E-state index contributed by atoms with van der Waals surface area (Å²) < 4.78 is 5.68. The molecular weight excluding hydrogens is 238 g/mol. The summed E-state index contributed by atoms with van der Waals surface area (Å²) in [6.45, 7) is 6.51. The fraction of sp³-hybridized carbons (Fsp3) is 0.625. The molecule has 2 rings (SSSR count). The maximum Gasteiger partial charge on any atom is 0.123 e. The molecule has 0 radical (unpaired) electrons. The molecule has 0 saturated heterocycles. The lowest BCUT2D eigenvalue weighted by molar-refractivity contribution is 0.198. The second kappa shape index (κ2) is 6.40. The third-order valence-corrected chi connectivity index (χ3v) is 3.57. The third-order valence-electron chi connectivity index (χ3n) is 3.57. The van der Waals surface area contributed by atoms with E-state index >= 15 is 0 Å². The van der Waals surface area contributed by atoms with E-state index in [9.17, 15) is 5.11 Å². The molecule has 1 fully saturated rings. The van der Waals surface area contributed by atoms with Crippen LogP contribution in [0.2, 0.25) is 0 Å². The standard InChI is InChI=1S/C16H25NO2/c1-4-19-16-8-7-14(12(2)18)9-15(16)11-17(3)10-13-5-6-13/h7-9,12-13,18H,4-6,10-11H2,1-3H3. The Kier molecular flexibility index (Phi) is 4.83. The van der Waals surface area contributed by atoms with Crippen molar-refractivity contribution in [2.45, 2.75) is 39.3 Å². The van der Waals surface area contributed by atoms with Crippen molar-refractivity contribution in [3.63, 3.8) is 0 Å². The van der Waals surface area contributed by atoms with Gasteiger partial charge in [-0.15, -0.1) is 0 Å². The number of hydrogen-bond acceptors (Lipinski definition) is 3. The Morgan fingerprint density at radius 3 is 2.74 bits per heavy atom. The maximum absolute atomic E-state index is 9.70. The van der Waals surface area contributed by atoms with Gasteiger partial charge in [-0.1, -0.05) is 6.07 Å². The number of benzene rings is 1. The smallest absolute Gasteiger partial charge is 0.123 e. The molecule has 1 aromatic rings. The van der Waals surface area contributed by atoms with E-state index < -0.39 is 6.10 Å². The molecule has 0 spiro atoms. The molecule has 1 unspecified atom stereocenters. The van der Waals surface area contributed by atoms with Gasteiger partial charge in [0.25, 0.3) is 0 Å². The van der Waals surface area contributed by atoms with Crippen molar-refractivity contribution >= 4 is 0 Å². The van der Waals surface area contributed by atoms with E-state index in [1.54, 1.807) is 6.92 Å². The average molecular weight is 263 g/mol. The van der Waals surface area contributed by atoms with Crippen LogP contribution in [0.1, 0.15) is 43.9 Å². The zero-order valence-electron chi connectivity index (χ0n) is 12.2. The molecule has 1 atom stereocenters. The van der Waals surface area contributed by atoms with Crippen LogP contribution in [0.25, 0.3) is 0 Å². The van der Waals surface area contributed by atoms with Crippen molar-refractivity contribution in [2.75, 3.05) is 20.2 Å². The molecule has 0 heterocycles. The van der Waals surface area contributed by atoms with E-state index in [-0.39, 0.29) is 0 Å². The molecule has 19 heavy (non-hydrogen) atoms. The van der Waals surface area contributed by atoms with Crippen LogP contribution in [0.5, 0.6) is 5.75 Å². The van der Waals surface area contributed by atoms with Gasteiger partial charge in [0.05, 0.1) is 12.7 Å². The first-order valence-electron chi connectivity index (χ1n) is 7.22. The fourth-order valence-corrected chi connectivity index (χ4v) is 2.38.